The van der Waals surface area contributed by atoms with E-state index in [4.69, 9.17) is 0 Å². The minimum Gasteiger partial charge on any atom is -0.468 e. The zero-order valence-corrected chi connectivity index (χ0v) is 9.82. The van der Waals surface area contributed by atoms with Gasteiger partial charge in [0.1, 0.15) is 6.04 Å². The number of ether oxygens (including phenoxy) is 1. The molecule has 1 saturated carbocycles. The maximum atomic E-state index is 11.3. The van der Waals surface area contributed by atoms with Crippen LogP contribution >= 0.6 is 0 Å². The normalized spacial score (nSPS) is 21.7. The first-order valence-electron chi connectivity index (χ1n) is 5.49. The molecule has 0 radical (unpaired) electrons. The molecule has 0 heterocycles. The molecular weight excluding hydrogens is 194 g/mol. The summed E-state index contributed by atoms with van der Waals surface area (Å²) in [6.45, 7) is 2.34. The van der Waals surface area contributed by atoms with E-state index in [1.165, 1.54) is 7.11 Å². The number of methoxy groups -OCH3 is 1. The summed E-state index contributed by atoms with van der Waals surface area (Å²) in [5.41, 5.74) is -0.600. The number of rotatable bonds is 4. The zero-order chi connectivity index (χ0) is 11.5. The molecule has 1 aliphatic carbocycles. The Morgan fingerprint density at radius 2 is 2.07 bits per heavy atom. The highest BCUT2D eigenvalue weighted by Crippen LogP contribution is 2.30. The summed E-state index contributed by atoms with van der Waals surface area (Å²) >= 11 is 0. The van der Waals surface area contributed by atoms with Crippen molar-refractivity contribution in [3.05, 3.63) is 0 Å². The molecule has 4 nitrogen and oxygen atoms in total. The first-order chi connectivity index (χ1) is 6.98. The van der Waals surface area contributed by atoms with Crippen LogP contribution in [0.15, 0.2) is 0 Å². The van der Waals surface area contributed by atoms with Crippen molar-refractivity contribution in [2.75, 3.05) is 20.7 Å². The number of carbonyl (C=O) groups is 1. The predicted molar refractivity (Wildman–Crippen MR) is 57.5 cm³/mol. The molecular formula is C11H21NO3. The second-order valence-electron chi connectivity index (χ2n) is 4.55. The second kappa shape index (κ2) is 4.94. The molecule has 4 heteroatoms. The summed E-state index contributed by atoms with van der Waals surface area (Å²) in [7, 11) is 3.23. The molecule has 1 rings (SSSR count). The van der Waals surface area contributed by atoms with Crippen molar-refractivity contribution in [2.45, 2.75) is 44.2 Å². The Balaban J connectivity index is 2.47. The number of likely N-dealkylation sites (N-methyl/N-ethyl adjacent to an activating group) is 1. The number of aliphatic hydroxyl groups is 1. The van der Waals surface area contributed by atoms with Gasteiger partial charge in [0.2, 0.25) is 0 Å². The van der Waals surface area contributed by atoms with E-state index in [-0.39, 0.29) is 12.0 Å². The minimum atomic E-state index is -0.600. The third-order valence-corrected chi connectivity index (χ3v) is 3.28. The Hall–Kier alpha value is -0.610. The predicted octanol–water partition coefficient (Wildman–Crippen LogP) is 0.785. The minimum absolute atomic E-state index is 0.251. The topological polar surface area (TPSA) is 49.8 Å². The van der Waals surface area contributed by atoms with E-state index < -0.39 is 5.60 Å². The Morgan fingerprint density at radius 3 is 2.53 bits per heavy atom. The van der Waals surface area contributed by atoms with Crippen LogP contribution in [-0.4, -0.2) is 48.3 Å². The lowest BCUT2D eigenvalue weighted by Crippen LogP contribution is -2.46. The van der Waals surface area contributed by atoms with Crippen LogP contribution in [0, 0.1) is 0 Å². The molecule has 1 fully saturated rings. The lowest BCUT2D eigenvalue weighted by Gasteiger charge is -2.31. The summed E-state index contributed by atoms with van der Waals surface area (Å²) in [6.07, 6.45) is 3.84. The smallest absolute Gasteiger partial charge is 0.322 e. The summed E-state index contributed by atoms with van der Waals surface area (Å²) in [5, 5.41) is 10.2. The molecule has 15 heavy (non-hydrogen) atoms. The molecule has 0 bridgehead atoms. The number of carbonyl (C=O) groups excluding carboxylic acids is 1. The van der Waals surface area contributed by atoms with Gasteiger partial charge in [-0.3, -0.25) is 9.69 Å². The van der Waals surface area contributed by atoms with Crippen LogP contribution in [0.3, 0.4) is 0 Å². The quantitative estimate of drug-likeness (QED) is 0.704. The summed E-state index contributed by atoms with van der Waals surface area (Å²) in [5.74, 6) is -0.251. The van der Waals surface area contributed by atoms with E-state index in [0.717, 1.165) is 25.7 Å². The SMILES string of the molecule is COC(=O)C(C)N(C)CC1(O)CCCC1. The van der Waals surface area contributed by atoms with E-state index in [0.29, 0.717) is 6.54 Å². The Bertz CT molecular complexity index is 224. The van der Waals surface area contributed by atoms with Crippen molar-refractivity contribution in [1.82, 2.24) is 4.90 Å². The molecule has 88 valence electrons. The molecule has 0 aromatic heterocycles. The first kappa shape index (κ1) is 12.5. The third kappa shape index (κ3) is 3.18. The van der Waals surface area contributed by atoms with E-state index in [9.17, 15) is 9.90 Å². The van der Waals surface area contributed by atoms with Crippen LogP contribution in [0.2, 0.25) is 0 Å². The Morgan fingerprint density at radius 1 is 1.53 bits per heavy atom. The van der Waals surface area contributed by atoms with Crippen LogP contribution in [0.4, 0.5) is 0 Å². The van der Waals surface area contributed by atoms with Crippen molar-refractivity contribution in [1.29, 1.82) is 0 Å². The van der Waals surface area contributed by atoms with Gasteiger partial charge in [-0.1, -0.05) is 12.8 Å². The van der Waals surface area contributed by atoms with Crippen molar-refractivity contribution in [3.63, 3.8) is 0 Å². The molecule has 1 N–H and O–H groups in total. The maximum absolute atomic E-state index is 11.3. The maximum Gasteiger partial charge on any atom is 0.322 e. The summed E-state index contributed by atoms with van der Waals surface area (Å²) in [6, 6.07) is -0.292. The van der Waals surface area contributed by atoms with Gasteiger partial charge in [0.15, 0.2) is 0 Å². The summed E-state index contributed by atoms with van der Waals surface area (Å²) < 4.78 is 4.67. The average Bonchev–Trinajstić information content (AvgIpc) is 2.62. The summed E-state index contributed by atoms with van der Waals surface area (Å²) in [4.78, 5) is 13.1. The van der Waals surface area contributed by atoms with Gasteiger partial charge in [-0.25, -0.2) is 0 Å². The van der Waals surface area contributed by atoms with Gasteiger partial charge in [0.25, 0.3) is 0 Å². The fraction of sp³-hybridized carbons (Fsp3) is 0.909. The van der Waals surface area contributed by atoms with Gasteiger partial charge >= 0.3 is 5.97 Å². The van der Waals surface area contributed by atoms with Gasteiger partial charge in [-0.15, -0.1) is 0 Å². The molecule has 0 spiro atoms. The van der Waals surface area contributed by atoms with Gasteiger partial charge in [0, 0.05) is 6.54 Å². The Kier molecular flexibility index (Phi) is 4.11. The molecule has 0 amide bonds. The fourth-order valence-corrected chi connectivity index (χ4v) is 2.14. The average molecular weight is 215 g/mol. The van der Waals surface area contributed by atoms with Crippen molar-refractivity contribution >= 4 is 5.97 Å². The molecule has 1 atom stereocenters. The van der Waals surface area contributed by atoms with Gasteiger partial charge in [-0.05, 0) is 26.8 Å². The van der Waals surface area contributed by atoms with E-state index in [1.54, 1.807) is 6.92 Å². The lowest BCUT2D eigenvalue weighted by molar-refractivity contribution is -0.146. The molecule has 0 aromatic carbocycles. The van der Waals surface area contributed by atoms with Gasteiger partial charge < -0.3 is 9.84 Å². The van der Waals surface area contributed by atoms with Crippen LogP contribution < -0.4 is 0 Å². The number of nitrogens with zero attached hydrogens (tertiary/aromatic N) is 1. The van der Waals surface area contributed by atoms with E-state index in [1.807, 2.05) is 11.9 Å². The van der Waals surface area contributed by atoms with Crippen molar-refractivity contribution in [2.24, 2.45) is 0 Å². The van der Waals surface area contributed by atoms with Crippen LogP contribution in [0.5, 0.6) is 0 Å². The number of hydrogen-bond acceptors (Lipinski definition) is 4. The van der Waals surface area contributed by atoms with Crippen LogP contribution in [0.1, 0.15) is 32.6 Å². The number of hydrogen-bond donors (Lipinski definition) is 1. The van der Waals surface area contributed by atoms with Crippen molar-refractivity contribution in [3.8, 4) is 0 Å². The highest BCUT2D eigenvalue weighted by molar-refractivity contribution is 5.75. The third-order valence-electron chi connectivity index (χ3n) is 3.28. The second-order valence-corrected chi connectivity index (χ2v) is 4.55. The standard InChI is InChI=1S/C11H21NO3/c1-9(10(13)15-3)12(2)8-11(14)6-4-5-7-11/h9,14H,4-8H2,1-3H3. The zero-order valence-electron chi connectivity index (χ0n) is 9.82. The molecule has 0 saturated heterocycles. The Labute approximate surface area is 91.2 Å². The monoisotopic (exact) mass is 215 g/mol. The molecule has 0 aliphatic heterocycles. The first-order valence-corrected chi connectivity index (χ1v) is 5.49. The molecule has 1 unspecified atom stereocenters. The molecule has 1 aliphatic rings. The fourth-order valence-electron chi connectivity index (χ4n) is 2.14. The van der Waals surface area contributed by atoms with Crippen molar-refractivity contribution < 1.29 is 14.6 Å². The number of esters is 1. The van der Waals surface area contributed by atoms with E-state index in [2.05, 4.69) is 4.74 Å². The van der Waals surface area contributed by atoms with Gasteiger partial charge in [-0.2, -0.15) is 0 Å². The van der Waals surface area contributed by atoms with Crippen LogP contribution in [-0.2, 0) is 9.53 Å². The van der Waals surface area contributed by atoms with Crippen LogP contribution in [0.25, 0.3) is 0 Å². The highest BCUT2D eigenvalue weighted by Gasteiger charge is 2.34. The highest BCUT2D eigenvalue weighted by atomic mass is 16.5. The largest absolute Gasteiger partial charge is 0.468 e. The van der Waals surface area contributed by atoms with E-state index >= 15 is 0 Å². The lowest BCUT2D eigenvalue weighted by atomic mass is 10.0. The van der Waals surface area contributed by atoms with Gasteiger partial charge in [0.05, 0.1) is 12.7 Å². The molecule has 0 aromatic rings.